The number of rotatable bonds is 4. The van der Waals surface area contributed by atoms with Crippen molar-refractivity contribution in [2.75, 3.05) is 19.6 Å². The molecule has 0 N–H and O–H groups in total. The van der Waals surface area contributed by atoms with Gasteiger partial charge in [0.1, 0.15) is 0 Å². The smallest absolute Gasteiger partial charge is 0.0760 e. The lowest BCUT2D eigenvalue weighted by atomic mass is 9.89. The van der Waals surface area contributed by atoms with Crippen LogP contribution in [0, 0.1) is 16.7 Å². The zero-order valence-corrected chi connectivity index (χ0v) is 12.8. The topological polar surface area (TPSA) is 36.3 Å². The first-order chi connectivity index (χ1) is 8.05. The molecule has 0 aromatic heterocycles. The molecule has 1 fully saturated rings. The molecule has 0 saturated carbocycles. The molecule has 0 aromatic rings. The molecular formula is C15H28N2O. The summed E-state index contributed by atoms with van der Waals surface area (Å²) in [5.74, 6) is 0. The predicted molar refractivity (Wildman–Crippen MR) is 74.3 cm³/mol. The predicted octanol–water partition coefficient (Wildman–Crippen LogP) is 3.21. The largest absolute Gasteiger partial charge is 0.367 e. The Morgan fingerprint density at radius 2 is 1.67 bits per heavy atom. The third-order valence-electron chi connectivity index (χ3n) is 3.34. The van der Waals surface area contributed by atoms with Gasteiger partial charge in [0.15, 0.2) is 0 Å². The monoisotopic (exact) mass is 252 g/mol. The van der Waals surface area contributed by atoms with Crippen LogP contribution in [0.1, 0.15) is 54.4 Å². The molecule has 1 heterocycles. The van der Waals surface area contributed by atoms with E-state index in [1.54, 1.807) is 0 Å². The average molecular weight is 252 g/mol. The van der Waals surface area contributed by atoms with Crippen LogP contribution in [0.5, 0.6) is 0 Å². The van der Waals surface area contributed by atoms with Crippen LogP contribution in [0.25, 0.3) is 0 Å². The van der Waals surface area contributed by atoms with Gasteiger partial charge >= 0.3 is 0 Å². The van der Waals surface area contributed by atoms with Crippen LogP contribution in [-0.4, -0.2) is 35.7 Å². The normalized spacial score (nSPS) is 23.6. The van der Waals surface area contributed by atoms with Gasteiger partial charge < -0.3 is 4.74 Å². The van der Waals surface area contributed by atoms with Gasteiger partial charge in [-0.25, -0.2) is 0 Å². The van der Waals surface area contributed by atoms with E-state index in [-0.39, 0.29) is 16.6 Å². The van der Waals surface area contributed by atoms with Gasteiger partial charge in [0.25, 0.3) is 0 Å². The first-order valence-corrected chi connectivity index (χ1v) is 6.89. The van der Waals surface area contributed by atoms with Crippen molar-refractivity contribution in [1.82, 2.24) is 4.90 Å². The van der Waals surface area contributed by atoms with E-state index in [1.807, 2.05) is 13.8 Å². The van der Waals surface area contributed by atoms with Crippen LogP contribution in [0.2, 0.25) is 0 Å². The fourth-order valence-electron chi connectivity index (χ4n) is 2.90. The molecule has 0 amide bonds. The molecule has 104 valence electrons. The number of nitrogens with zero attached hydrogens (tertiary/aromatic N) is 2. The first-order valence-electron chi connectivity index (χ1n) is 6.89. The molecule has 1 rings (SSSR count). The summed E-state index contributed by atoms with van der Waals surface area (Å²) in [5, 5.41) is 9.01. The van der Waals surface area contributed by atoms with Crippen LogP contribution in [0.4, 0.5) is 0 Å². The molecule has 1 saturated heterocycles. The summed E-state index contributed by atoms with van der Waals surface area (Å²) in [6.07, 6.45) is 2.04. The molecule has 1 aliphatic rings. The van der Waals surface area contributed by atoms with Gasteiger partial charge in [0.05, 0.1) is 22.7 Å². The highest BCUT2D eigenvalue weighted by Crippen LogP contribution is 2.29. The van der Waals surface area contributed by atoms with Crippen LogP contribution in [-0.2, 0) is 4.74 Å². The van der Waals surface area contributed by atoms with E-state index in [9.17, 15) is 0 Å². The van der Waals surface area contributed by atoms with Crippen molar-refractivity contribution in [2.24, 2.45) is 5.41 Å². The third-order valence-corrected chi connectivity index (χ3v) is 3.34. The second-order valence-corrected chi connectivity index (χ2v) is 7.43. The molecule has 0 bridgehead atoms. The Morgan fingerprint density at radius 1 is 1.17 bits per heavy atom. The van der Waals surface area contributed by atoms with Crippen LogP contribution >= 0.6 is 0 Å². The van der Waals surface area contributed by atoms with E-state index in [4.69, 9.17) is 10.00 Å². The summed E-state index contributed by atoms with van der Waals surface area (Å²) in [6.45, 7) is 15.6. The maximum Gasteiger partial charge on any atom is 0.0760 e. The first kappa shape index (κ1) is 15.5. The van der Waals surface area contributed by atoms with Crippen LogP contribution in [0.3, 0.4) is 0 Å². The fraction of sp³-hybridized carbons (Fsp3) is 0.933. The van der Waals surface area contributed by atoms with E-state index >= 15 is 0 Å². The van der Waals surface area contributed by atoms with Crippen LogP contribution < -0.4 is 0 Å². The molecule has 0 unspecified atom stereocenters. The Labute approximate surface area is 112 Å². The maximum atomic E-state index is 9.01. The molecule has 0 radical (unpaired) electrons. The van der Waals surface area contributed by atoms with E-state index < -0.39 is 0 Å². The lowest BCUT2D eigenvalue weighted by Crippen LogP contribution is -2.57. The minimum atomic E-state index is -0.197. The zero-order chi connectivity index (χ0) is 14.0. The Morgan fingerprint density at radius 3 is 2.11 bits per heavy atom. The molecule has 3 heteroatoms. The van der Waals surface area contributed by atoms with E-state index in [1.165, 1.54) is 0 Å². The molecular weight excluding hydrogens is 224 g/mol. The zero-order valence-electron chi connectivity index (χ0n) is 12.8. The van der Waals surface area contributed by atoms with Gasteiger partial charge in [-0.2, -0.15) is 5.26 Å². The summed E-state index contributed by atoms with van der Waals surface area (Å²) in [6, 6.07) is 2.37. The van der Waals surface area contributed by atoms with Gasteiger partial charge in [-0.3, -0.25) is 4.90 Å². The third kappa shape index (κ3) is 4.96. The Bertz CT molecular complexity index is 310. The SMILES string of the molecule is CC(C)(C#N)CCCN1CC(C)(C)OC(C)(C)C1. The van der Waals surface area contributed by atoms with Gasteiger partial charge in [-0.15, -0.1) is 0 Å². The van der Waals surface area contributed by atoms with Gasteiger partial charge in [-0.05, 0) is 60.9 Å². The Hall–Kier alpha value is -0.590. The molecule has 0 atom stereocenters. The molecule has 0 spiro atoms. The van der Waals surface area contributed by atoms with Crippen molar-refractivity contribution in [2.45, 2.75) is 65.6 Å². The lowest BCUT2D eigenvalue weighted by Gasteiger charge is -2.47. The fourth-order valence-corrected chi connectivity index (χ4v) is 2.90. The highest BCUT2D eigenvalue weighted by Gasteiger charge is 2.37. The van der Waals surface area contributed by atoms with Gasteiger partial charge in [-0.1, -0.05) is 0 Å². The van der Waals surface area contributed by atoms with Crippen molar-refractivity contribution in [1.29, 1.82) is 5.26 Å². The molecule has 1 aliphatic heterocycles. The Balaban J connectivity index is 2.46. The minimum absolute atomic E-state index is 0.0769. The number of ether oxygens (including phenoxy) is 1. The van der Waals surface area contributed by atoms with Gasteiger partial charge in [0, 0.05) is 13.1 Å². The summed E-state index contributed by atoms with van der Waals surface area (Å²) in [4.78, 5) is 2.47. The average Bonchev–Trinajstić information content (AvgIpc) is 2.12. The van der Waals surface area contributed by atoms with E-state index in [2.05, 4.69) is 38.7 Å². The van der Waals surface area contributed by atoms with Crippen molar-refractivity contribution in [3.05, 3.63) is 0 Å². The highest BCUT2D eigenvalue weighted by molar-refractivity contribution is 4.92. The van der Waals surface area contributed by atoms with Crippen molar-refractivity contribution in [3.63, 3.8) is 0 Å². The van der Waals surface area contributed by atoms with Crippen molar-refractivity contribution < 1.29 is 4.74 Å². The summed E-state index contributed by atoms with van der Waals surface area (Å²) >= 11 is 0. The number of hydrogen-bond donors (Lipinski definition) is 0. The molecule has 3 nitrogen and oxygen atoms in total. The second-order valence-electron chi connectivity index (χ2n) is 7.43. The standard InChI is InChI=1S/C15H28N2O/c1-13(2,10-16)8-7-9-17-11-14(3,4)18-15(5,6)12-17/h7-9,11-12H2,1-6H3. The Kier molecular flexibility index (Phi) is 4.46. The number of hydrogen-bond acceptors (Lipinski definition) is 3. The van der Waals surface area contributed by atoms with Gasteiger partial charge in [0.2, 0.25) is 0 Å². The molecule has 0 aliphatic carbocycles. The van der Waals surface area contributed by atoms with Crippen molar-refractivity contribution >= 4 is 0 Å². The summed E-state index contributed by atoms with van der Waals surface area (Å²) in [7, 11) is 0. The van der Waals surface area contributed by atoms with Crippen LogP contribution in [0.15, 0.2) is 0 Å². The van der Waals surface area contributed by atoms with Crippen molar-refractivity contribution in [3.8, 4) is 6.07 Å². The van der Waals surface area contributed by atoms with E-state index in [0.29, 0.717) is 0 Å². The maximum absolute atomic E-state index is 9.01. The van der Waals surface area contributed by atoms with E-state index in [0.717, 1.165) is 32.5 Å². The minimum Gasteiger partial charge on any atom is -0.367 e. The summed E-state index contributed by atoms with van der Waals surface area (Å²) in [5.41, 5.74) is -0.351. The quantitative estimate of drug-likeness (QED) is 0.771. The summed E-state index contributed by atoms with van der Waals surface area (Å²) < 4.78 is 6.07. The second kappa shape index (κ2) is 5.19. The molecule has 18 heavy (non-hydrogen) atoms. The molecule has 0 aromatic carbocycles. The lowest BCUT2D eigenvalue weighted by molar-refractivity contribution is -0.180. The number of nitriles is 1. The highest BCUT2D eigenvalue weighted by atomic mass is 16.5. The number of morpholine rings is 1.